The third-order valence-corrected chi connectivity index (χ3v) is 3.79. The molecule has 3 heterocycles. The standard InChI is InChI=1S/C14H19N5O2/c1-3-19-14-11(9-16-19)10(8-12(20)17-14)13-15-4-5-18(13)6-7-21-2/h4-5,9-10H,3,6-8H2,1-2H3,(H,17,20)/t10-/m1/s1. The van der Waals surface area contributed by atoms with Crippen LogP contribution in [0.15, 0.2) is 18.6 Å². The van der Waals surface area contributed by atoms with E-state index in [1.54, 1.807) is 13.3 Å². The van der Waals surface area contributed by atoms with Crippen molar-refractivity contribution >= 4 is 11.7 Å². The number of aryl methyl sites for hydroxylation is 1. The second-order valence-electron chi connectivity index (χ2n) is 5.04. The number of aromatic nitrogens is 4. The molecular formula is C14H19N5O2. The summed E-state index contributed by atoms with van der Waals surface area (Å²) in [6.07, 6.45) is 5.91. The second kappa shape index (κ2) is 5.69. The summed E-state index contributed by atoms with van der Waals surface area (Å²) in [6.45, 7) is 4.06. The first-order chi connectivity index (χ1) is 10.2. The number of amides is 1. The number of carbonyl (C=O) groups is 1. The van der Waals surface area contributed by atoms with E-state index in [1.165, 1.54) is 0 Å². The van der Waals surface area contributed by atoms with Crippen LogP contribution in [0.1, 0.15) is 30.7 Å². The molecule has 0 spiro atoms. The highest BCUT2D eigenvalue weighted by molar-refractivity contribution is 5.94. The fourth-order valence-corrected chi connectivity index (χ4v) is 2.75. The summed E-state index contributed by atoms with van der Waals surface area (Å²) < 4.78 is 8.97. The van der Waals surface area contributed by atoms with Gasteiger partial charge in [0.2, 0.25) is 5.91 Å². The summed E-state index contributed by atoms with van der Waals surface area (Å²) in [4.78, 5) is 16.5. The molecule has 1 atom stereocenters. The first kappa shape index (κ1) is 13.8. The Hall–Kier alpha value is -2.15. The van der Waals surface area contributed by atoms with Gasteiger partial charge in [-0.3, -0.25) is 4.79 Å². The maximum atomic E-state index is 12.0. The van der Waals surface area contributed by atoms with Crippen molar-refractivity contribution in [3.8, 4) is 0 Å². The highest BCUT2D eigenvalue weighted by atomic mass is 16.5. The number of nitrogens with zero attached hydrogens (tertiary/aromatic N) is 4. The molecule has 112 valence electrons. The van der Waals surface area contributed by atoms with Crippen LogP contribution < -0.4 is 5.32 Å². The van der Waals surface area contributed by atoms with Crippen LogP contribution in [0.5, 0.6) is 0 Å². The Morgan fingerprint density at radius 1 is 1.52 bits per heavy atom. The minimum atomic E-state index is -0.0547. The molecule has 1 aliphatic rings. The lowest BCUT2D eigenvalue weighted by Gasteiger charge is -2.23. The van der Waals surface area contributed by atoms with E-state index in [2.05, 4.69) is 15.4 Å². The third-order valence-electron chi connectivity index (χ3n) is 3.79. The molecule has 1 amide bonds. The van der Waals surface area contributed by atoms with Crippen LogP contribution >= 0.6 is 0 Å². The van der Waals surface area contributed by atoms with Gasteiger partial charge in [0.1, 0.15) is 11.6 Å². The molecule has 0 fully saturated rings. The molecule has 7 heteroatoms. The van der Waals surface area contributed by atoms with E-state index in [1.807, 2.05) is 28.6 Å². The molecule has 2 aromatic heterocycles. The van der Waals surface area contributed by atoms with Gasteiger partial charge >= 0.3 is 0 Å². The predicted molar refractivity (Wildman–Crippen MR) is 77.1 cm³/mol. The molecular weight excluding hydrogens is 270 g/mol. The van der Waals surface area contributed by atoms with Crippen LogP contribution in [0.3, 0.4) is 0 Å². The zero-order valence-electron chi connectivity index (χ0n) is 12.2. The molecule has 0 radical (unpaired) electrons. The first-order valence-electron chi connectivity index (χ1n) is 7.10. The monoisotopic (exact) mass is 289 g/mol. The van der Waals surface area contributed by atoms with Crippen molar-refractivity contribution in [2.45, 2.75) is 32.4 Å². The molecule has 1 N–H and O–H groups in total. The number of nitrogens with one attached hydrogen (secondary N) is 1. The number of imidazole rings is 1. The van der Waals surface area contributed by atoms with Gasteiger partial charge in [-0.1, -0.05) is 0 Å². The molecule has 0 saturated carbocycles. The number of rotatable bonds is 5. The van der Waals surface area contributed by atoms with E-state index in [4.69, 9.17) is 4.74 Å². The number of ether oxygens (including phenoxy) is 1. The van der Waals surface area contributed by atoms with Crippen molar-refractivity contribution in [3.05, 3.63) is 30.0 Å². The SMILES string of the molecule is CCn1ncc2c1NC(=O)C[C@H]2c1nccn1CCOC. The molecule has 7 nitrogen and oxygen atoms in total. The highest BCUT2D eigenvalue weighted by Gasteiger charge is 2.32. The molecule has 0 bridgehead atoms. The van der Waals surface area contributed by atoms with E-state index in [9.17, 15) is 4.79 Å². The molecule has 2 aromatic rings. The summed E-state index contributed by atoms with van der Waals surface area (Å²) in [7, 11) is 1.67. The molecule has 3 rings (SSSR count). The normalized spacial score (nSPS) is 17.6. The zero-order valence-corrected chi connectivity index (χ0v) is 12.2. The van der Waals surface area contributed by atoms with Crippen LogP contribution in [0.4, 0.5) is 5.82 Å². The van der Waals surface area contributed by atoms with Crippen molar-refractivity contribution < 1.29 is 9.53 Å². The van der Waals surface area contributed by atoms with E-state index in [0.717, 1.165) is 30.3 Å². The van der Waals surface area contributed by atoms with Crippen molar-refractivity contribution in [1.82, 2.24) is 19.3 Å². The number of fused-ring (bicyclic) bond motifs is 1. The van der Waals surface area contributed by atoms with Crippen molar-refractivity contribution in [3.63, 3.8) is 0 Å². The smallest absolute Gasteiger partial charge is 0.226 e. The largest absolute Gasteiger partial charge is 0.383 e. The van der Waals surface area contributed by atoms with Gasteiger partial charge in [-0.15, -0.1) is 0 Å². The molecule has 0 aromatic carbocycles. The van der Waals surface area contributed by atoms with Gasteiger partial charge in [0.25, 0.3) is 0 Å². The van der Waals surface area contributed by atoms with Crippen LogP contribution in [-0.2, 0) is 22.6 Å². The minimum absolute atomic E-state index is 0.00370. The molecule has 0 unspecified atom stereocenters. The average molecular weight is 289 g/mol. The van der Waals surface area contributed by atoms with E-state index >= 15 is 0 Å². The van der Waals surface area contributed by atoms with Crippen LogP contribution in [0.2, 0.25) is 0 Å². The summed E-state index contributed by atoms with van der Waals surface area (Å²) >= 11 is 0. The van der Waals surface area contributed by atoms with Gasteiger partial charge < -0.3 is 14.6 Å². The first-order valence-corrected chi connectivity index (χ1v) is 7.10. The predicted octanol–water partition coefficient (Wildman–Crippen LogP) is 1.22. The average Bonchev–Trinajstić information content (AvgIpc) is 3.10. The van der Waals surface area contributed by atoms with Crippen molar-refractivity contribution in [1.29, 1.82) is 0 Å². The van der Waals surface area contributed by atoms with Gasteiger partial charge in [-0.25, -0.2) is 9.67 Å². The van der Waals surface area contributed by atoms with Gasteiger partial charge in [0.15, 0.2) is 0 Å². The molecule has 0 aliphatic carbocycles. The van der Waals surface area contributed by atoms with Crippen LogP contribution in [0, 0.1) is 0 Å². The Kier molecular flexibility index (Phi) is 3.74. The fourth-order valence-electron chi connectivity index (χ4n) is 2.75. The number of anilines is 1. The second-order valence-corrected chi connectivity index (χ2v) is 5.04. The Labute approximate surface area is 122 Å². The Bertz CT molecular complexity index is 646. The van der Waals surface area contributed by atoms with E-state index in [-0.39, 0.29) is 11.8 Å². The lowest BCUT2D eigenvalue weighted by molar-refractivity contribution is -0.116. The molecule has 1 aliphatic heterocycles. The number of carbonyl (C=O) groups excluding carboxylic acids is 1. The van der Waals surface area contributed by atoms with Crippen LogP contribution in [0.25, 0.3) is 0 Å². The summed E-state index contributed by atoms with van der Waals surface area (Å²) in [6, 6.07) is 0. The number of hydrogen-bond acceptors (Lipinski definition) is 4. The molecule has 21 heavy (non-hydrogen) atoms. The van der Waals surface area contributed by atoms with E-state index in [0.29, 0.717) is 13.0 Å². The van der Waals surface area contributed by atoms with Gasteiger partial charge in [-0.2, -0.15) is 5.10 Å². The minimum Gasteiger partial charge on any atom is -0.383 e. The highest BCUT2D eigenvalue weighted by Crippen LogP contribution is 2.36. The van der Waals surface area contributed by atoms with Gasteiger partial charge in [0, 0.05) is 44.6 Å². The molecule has 0 saturated heterocycles. The maximum Gasteiger partial charge on any atom is 0.226 e. The topological polar surface area (TPSA) is 74.0 Å². The Morgan fingerprint density at radius 2 is 2.38 bits per heavy atom. The van der Waals surface area contributed by atoms with Gasteiger partial charge in [0.05, 0.1) is 18.7 Å². The summed E-state index contributed by atoms with van der Waals surface area (Å²) in [5, 5.41) is 7.26. The van der Waals surface area contributed by atoms with Crippen molar-refractivity contribution in [2.75, 3.05) is 19.0 Å². The maximum absolute atomic E-state index is 12.0. The lowest BCUT2D eigenvalue weighted by Crippen LogP contribution is -2.26. The fraction of sp³-hybridized carbons (Fsp3) is 0.500. The summed E-state index contributed by atoms with van der Waals surface area (Å²) in [5.74, 6) is 1.63. The third kappa shape index (κ3) is 2.44. The zero-order chi connectivity index (χ0) is 14.8. The Morgan fingerprint density at radius 3 is 3.14 bits per heavy atom. The Balaban J connectivity index is 1.98. The number of methoxy groups -OCH3 is 1. The van der Waals surface area contributed by atoms with E-state index < -0.39 is 0 Å². The van der Waals surface area contributed by atoms with Crippen LogP contribution in [-0.4, -0.2) is 39.0 Å². The quantitative estimate of drug-likeness (QED) is 0.898. The number of hydrogen-bond donors (Lipinski definition) is 1. The summed E-state index contributed by atoms with van der Waals surface area (Å²) in [5.41, 5.74) is 1.03. The van der Waals surface area contributed by atoms with Crippen molar-refractivity contribution in [2.24, 2.45) is 0 Å². The lowest BCUT2D eigenvalue weighted by atomic mass is 9.93. The van der Waals surface area contributed by atoms with Gasteiger partial charge in [-0.05, 0) is 6.92 Å².